The van der Waals surface area contributed by atoms with Crippen LogP contribution in [0, 0.1) is 11.3 Å². The Morgan fingerprint density at radius 2 is 1.95 bits per heavy atom. The number of aromatic nitrogens is 1. The molecule has 0 fully saturated rings. The number of nitrogens with zero attached hydrogens (tertiary/aromatic N) is 3. The molecule has 4 nitrogen and oxygen atoms in total. The third-order valence-corrected chi connectivity index (χ3v) is 3.02. The van der Waals surface area contributed by atoms with Crippen molar-refractivity contribution in [1.29, 1.82) is 5.26 Å². The van der Waals surface area contributed by atoms with Crippen LogP contribution in [0.3, 0.4) is 0 Å². The second-order valence-electron chi connectivity index (χ2n) is 4.66. The lowest BCUT2D eigenvalue weighted by molar-refractivity contribution is 0.754. The minimum atomic E-state index is 0.445. The normalized spacial score (nSPS) is 10.0. The minimum Gasteiger partial charge on any atom is -0.399 e. The summed E-state index contributed by atoms with van der Waals surface area (Å²) in [6.45, 7) is 3.78. The second kappa shape index (κ2) is 6.58. The molecule has 2 rings (SSSR count). The summed E-state index contributed by atoms with van der Waals surface area (Å²) in [6.07, 6.45) is 1.02. The van der Waals surface area contributed by atoms with Crippen LogP contribution in [-0.2, 0) is 6.54 Å². The molecule has 0 saturated heterocycles. The first-order valence-corrected chi connectivity index (χ1v) is 6.69. The predicted octanol–water partition coefficient (Wildman–Crippen LogP) is 2.95. The van der Waals surface area contributed by atoms with E-state index >= 15 is 0 Å². The highest BCUT2D eigenvalue weighted by Crippen LogP contribution is 2.16. The predicted molar refractivity (Wildman–Crippen MR) is 81.1 cm³/mol. The van der Waals surface area contributed by atoms with Crippen molar-refractivity contribution >= 4 is 11.5 Å². The smallest absolute Gasteiger partial charge is 0.142 e. The molecule has 1 aromatic carbocycles. The summed E-state index contributed by atoms with van der Waals surface area (Å²) in [5.41, 5.74) is 8.09. The lowest BCUT2D eigenvalue weighted by Crippen LogP contribution is -2.24. The van der Waals surface area contributed by atoms with E-state index in [0.29, 0.717) is 5.69 Å². The van der Waals surface area contributed by atoms with E-state index in [4.69, 9.17) is 11.0 Å². The zero-order valence-electron chi connectivity index (χ0n) is 11.6. The first-order valence-electron chi connectivity index (χ1n) is 6.69. The molecule has 0 aliphatic rings. The summed E-state index contributed by atoms with van der Waals surface area (Å²) in [5.74, 6) is 0.836. The van der Waals surface area contributed by atoms with Crippen LogP contribution >= 0.6 is 0 Å². The lowest BCUT2D eigenvalue weighted by atomic mass is 10.2. The number of hydrogen-bond donors (Lipinski definition) is 1. The molecule has 0 aliphatic heterocycles. The van der Waals surface area contributed by atoms with E-state index in [2.05, 4.69) is 22.9 Å². The third-order valence-electron chi connectivity index (χ3n) is 3.02. The number of anilines is 2. The van der Waals surface area contributed by atoms with Gasteiger partial charge in [-0.1, -0.05) is 25.1 Å². The molecule has 0 aliphatic carbocycles. The number of nitrogens with two attached hydrogens (primary N) is 1. The van der Waals surface area contributed by atoms with E-state index in [1.807, 2.05) is 36.4 Å². The van der Waals surface area contributed by atoms with Gasteiger partial charge < -0.3 is 10.6 Å². The van der Waals surface area contributed by atoms with Crippen molar-refractivity contribution in [3.8, 4) is 6.07 Å². The largest absolute Gasteiger partial charge is 0.399 e. The van der Waals surface area contributed by atoms with Crippen LogP contribution in [0.25, 0.3) is 0 Å². The van der Waals surface area contributed by atoms with Gasteiger partial charge in [-0.05, 0) is 36.2 Å². The van der Waals surface area contributed by atoms with Crippen molar-refractivity contribution in [1.82, 2.24) is 4.98 Å². The average molecular weight is 266 g/mol. The second-order valence-corrected chi connectivity index (χ2v) is 4.66. The van der Waals surface area contributed by atoms with Crippen LogP contribution in [0.1, 0.15) is 24.6 Å². The molecular weight excluding hydrogens is 248 g/mol. The van der Waals surface area contributed by atoms with Crippen LogP contribution in [-0.4, -0.2) is 11.5 Å². The highest BCUT2D eigenvalue weighted by Gasteiger charge is 2.08. The van der Waals surface area contributed by atoms with Crippen molar-refractivity contribution in [2.45, 2.75) is 19.9 Å². The van der Waals surface area contributed by atoms with Gasteiger partial charge in [0, 0.05) is 18.8 Å². The fraction of sp³-hybridized carbons (Fsp3) is 0.250. The molecule has 1 aromatic heterocycles. The summed E-state index contributed by atoms with van der Waals surface area (Å²) < 4.78 is 0. The Balaban J connectivity index is 2.22. The zero-order chi connectivity index (χ0) is 14.4. The maximum absolute atomic E-state index is 8.95. The highest BCUT2D eigenvalue weighted by atomic mass is 15.2. The SMILES string of the molecule is CCCN(Cc1ccc(N)cc1)c1cccc(C#N)n1. The monoisotopic (exact) mass is 266 g/mol. The van der Waals surface area contributed by atoms with Gasteiger partial charge in [0.05, 0.1) is 0 Å². The van der Waals surface area contributed by atoms with Gasteiger partial charge in [0.25, 0.3) is 0 Å². The van der Waals surface area contributed by atoms with Crippen molar-refractivity contribution < 1.29 is 0 Å². The molecule has 0 spiro atoms. The quantitative estimate of drug-likeness (QED) is 0.845. The number of hydrogen-bond acceptors (Lipinski definition) is 4. The molecular formula is C16H18N4. The highest BCUT2D eigenvalue weighted by molar-refractivity contribution is 5.44. The summed E-state index contributed by atoms with van der Waals surface area (Å²) >= 11 is 0. The van der Waals surface area contributed by atoms with Crippen molar-refractivity contribution in [2.24, 2.45) is 0 Å². The molecule has 102 valence electrons. The van der Waals surface area contributed by atoms with Gasteiger partial charge in [0.2, 0.25) is 0 Å². The van der Waals surface area contributed by atoms with E-state index in [-0.39, 0.29) is 0 Å². The van der Waals surface area contributed by atoms with Crippen LogP contribution in [0.2, 0.25) is 0 Å². The van der Waals surface area contributed by atoms with E-state index in [1.54, 1.807) is 6.07 Å². The number of pyridine rings is 1. The molecule has 0 saturated carbocycles. The molecule has 0 atom stereocenters. The molecule has 2 N–H and O–H groups in total. The van der Waals surface area contributed by atoms with Crippen molar-refractivity contribution in [3.05, 3.63) is 53.7 Å². The molecule has 4 heteroatoms. The Bertz CT molecular complexity index is 599. The maximum atomic E-state index is 8.95. The van der Waals surface area contributed by atoms with Gasteiger partial charge >= 0.3 is 0 Å². The van der Waals surface area contributed by atoms with Gasteiger partial charge in [0.15, 0.2) is 0 Å². The number of nitrogen functional groups attached to an aromatic ring is 1. The Labute approximate surface area is 119 Å². The Kier molecular flexibility index (Phi) is 4.56. The topological polar surface area (TPSA) is 65.9 Å². The maximum Gasteiger partial charge on any atom is 0.142 e. The lowest BCUT2D eigenvalue weighted by Gasteiger charge is -2.23. The first kappa shape index (κ1) is 13.9. The standard InChI is InChI=1S/C16H18N4/c1-2-10-20(12-13-6-8-14(18)9-7-13)16-5-3-4-15(11-17)19-16/h3-9H,2,10,12,18H2,1H3. The average Bonchev–Trinajstić information content (AvgIpc) is 2.49. The fourth-order valence-corrected chi connectivity index (χ4v) is 2.05. The third kappa shape index (κ3) is 3.48. The van der Waals surface area contributed by atoms with E-state index in [1.165, 1.54) is 5.56 Å². The van der Waals surface area contributed by atoms with Crippen molar-refractivity contribution in [3.63, 3.8) is 0 Å². The summed E-state index contributed by atoms with van der Waals surface area (Å²) in [7, 11) is 0. The zero-order valence-corrected chi connectivity index (χ0v) is 11.6. The molecule has 2 aromatic rings. The minimum absolute atomic E-state index is 0.445. The number of nitriles is 1. The first-order chi connectivity index (χ1) is 9.72. The Morgan fingerprint density at radius 3 is 2.60 bits per heavy atom. The van der Waals surface area contributed by atoms with E-state index in [0.717, 1.165) is 31.0 Å². The van der Waals surface area contributed by atoms with E-state index in [9.17, 15) is 0 Å². The van der Waals surface area contributed by atoms with Crippen LogP contribution in [0.5, 0.6) is 0 Å². The van der Waals surface area contributed by atoms with Crippen LogP contribution < -0.4 is 10.6 Å². The molecule has 20 heavy (non-hydrogen) atoms. The summed E-state index contributed by atoms with van der Waals surface area (Å²) in [5, 5.41) is 8.95. The van der Waals surface area contributed by atoms with Gasteiger partial charge in [-0.15, -0.1) is 0 Å². The Morgan fingerprint density at radius 1 is 1.20 bits per heavy atom. The van der Waals surface area contributed by atoms with Crippen molar-refractivity contribution in [2.75, 3.05) is 17.2 Å². The summed E-state index contributed by atoms with van der Waals surface area (Å²) in [6, 6.07) is 15.4. The Hall–Kier alpha value is -2.54. The fourth-order valence-electron chi connectivity index (χ4n) is 2.05. The molecule has 0 unspecified atom stereocenters. The van der Waals surface area contributed by atoms with E-state index < -0.39 is 0 Å². The van der Waals surface area contributed by atoms with Crippen LogP contribution in [0.15, 0.2) is 42.5 Å². The van der Waals surface area contributed by atoms with Crippen LogP contribution in [0.4, 0.5) is 11.5 Å². The van der Waals surface area contributed by atoms with Gasteiger partial charge in [0.1, 0.15) is 17.6 Å². The summed E-state index contributed by atoms with van der Waals surface area (Å²) in [4.78, 5) is 6.54. The van der Waals surface area contributed by atoms with Gasteiger partial charge in [-0.25, -0.2) is 4.98 Å². The van der Waals surface area contributed by atoms with Gasteiger partial charge in [-0.3, -0.25) is 0 Å². The molecule has 0 amide bonds. The molecule has 0 bridgehead atoms. The van der Waals surface area contributed by atoms with Gasteiger partial charge in [-0.2, -0.15) is 5.26 Å². The molecule has 1 heterocycles. The number of benzene rings is 1. The number of rotatable bonds is 5. The molecule has 0 radical (unpaired) electrons.